The fraction of sp³-hybridized carbons (Fsp3) is 0.267. The van der Waals surface area contributed by atoms with Crippen molar-refractivity contribution in [2.45, 2.75) is 19.0 Å². The molecule has 116 valence electrons. The number of rotatable bonds is 6. The van der Waals surface area contributed by atoms with Gasteiger partial charge < -0.3 is 10.1 Å². The zero-order valence-corrected chi connectivity index (χ0v) is 12.8. The van der Waals surface area contributed by atoms with Crippen LogP contribution in [0.3, 0.4) is 0 Å². The number of amides is 1. The van der Waals surface area contributed by atoms with Gasteiger partial charge in [-0.05, 0) is 17.7 Å². The van der Waals surface area contributed by atoms with Gasteiger partial charge in [-0.1, -0.05) is 29.8 Å². The average molecular weight is 322 g/mol. The van der Waals surface area contributed by atoms with Crippen molar-refractivity contribution in [3.63, 3.8) is 0 Å². The fourth-order valence-electron chi connectivity index (χ4n) is 2.03. The molecular formula is C15H16ClN3O3. The van der Waals surface area contributed by atoms with Gasteiger partial charge in [-0.25, -0.2) is 0 Å². The summed E-state index contributed by atoms with van der Waals surface area (Å²) in [7, 11) is 1.30. The maximum absolute atomic E-state index is 12.1. The second-order valence-electron chi connectivity index (χ2n) is 4.63. The summed E-state index contributed by atoms with van der Waals surface area (Å²) in [6.07, 6.45) is 3.28. The zero-order valence-electron chi connectivity index (χ0n) is 12.0. The van der Waals surface area contributed by atoms with Crippen LogP contribution in [-0.2, 0) is 20.9 Å². The second kappa shape index (κ2) is 7.61. The molecule has 0 saturated carbocycles. The van der Waals surface area contributed by atoms with Crippen LogP contribution in [0.4, 0.5) is 0 Å². The minimum atomic E-state index is -0.552. The lowest BCUT2D eigenvalue weighted by Gasteiger charge is -2.19. The lowest BCUT2D eigenvalue weighted by Crippen LogP contribution is -2.33. The number of esters is 1. The molecule has 1 atom stereocenters. The molecule has 0 aliphatic carbocycles. The first-order valence-electron chi connectivity index (χ1n) is 6.68. The van der Waals surface area contributed by atoms with Crippen LogP contribution >= 0.6 is 11.6 Å². The normalized spacial score (nSPS) is 11.7. The predicted octanol–water partition coefficient (Wildman–Crippen LogP) is 1.96. The Kier molecular flexibility index (Phi) is 5.55. The standard InChI is InChI=1S/C15H16ClN3O3/c1-22-15(21)9-13(11-5-2-3-6-12(11)16)18-14(20)10-19-8-4-7-17-19/h2-8,13H,9-10H2,1H3,(H,18,20). The third-order valence-electron chi connectivity index (χ3n) is 3.08. The van der Waals surface area contributed by atoms with E-state index in [1.165, 1.54) is 11.8 Å². The fourth-order valence-corrected chi connectivity index (χ4v) is 2.29. The molecule has 1 N–H and O–H groups in total. The monoisotopic (exact) mass is 321 g/mol. The molecule has 0 radical (unpaired) electrons. The number of nitrogens with one attached hydrogen (secondary N) is 1. The van der Waals surface area contributed by atoms with Crippen molar-refractivity contribution in [3.8, 4) is 0 Å². The third-order valence-corrected chi connectivity index (χ3v) is 3.42. The van der Waals surface area contributed by atoms with Crippen molar-refractivity contribution in [1.82, 2.24) is 15.1 Å². The van der Waals surface area contributed by atoms with Crippen LogP contribution < -0.4 is 5.32 Å². The Morgan fingerprint density at radius 1 is 1.36 bits per heavy atom. The summed E-state index contributed by atoms with van der Waals surface area (Å²) in [5, 5.41) is 7.24. The quantitative estimate of drug-likeness (QED) is 0.825. The van der Waals surface area contributed by atoms with Crippen LogP contribution in [0.25, 0.3) is 0 Å². The van der Waals surface area contributed by atoms with E-state index in [4.69, 9.17) is 11.6 Å². The van der Waals surface area contributed by atoms with Gasteiger partial charge >= 0.3 is 5.97 Å². The number of halogens is 1. The molecule has 7 heteroatoms. The summed E-state index contributed by atoms with van der Waals surface area (Å²) in [4.78, 5) is 23.7. The van der Waals surface area contributed by atoms with Crippen LogP contribution in [0.1, 0.15) is 18.0 Å². The SMILES string of the molecule is COC(=O)CC(NC(=O)Cn1cccn1)c1ccccc1Cl. The van der Waals surface area contributed by atoms with Gasteiger partial charge in [0.15, 0.2) is 0 Å². The third kappa shape index (κ3) is 4.33. The lowest BCUT2D eigenvalue weighted by atomic mass is 10.0. The summed E-state index contributed by atoms with van der Waals surface area (Å²) in [6.45, 7) is 0.0646. The molecular weight excluding hydrogens is 306 g/mol. The number of hydrogen-bond acceptors (Lipinski definition) is 4. The molecule has 2 aromatic rings. The maximum atomic E-state index is 12.1. The Hall–Kier alpha value is -2.34. The van der Waals surface area contributed by atoms with E-state index in [0.29, 0.717) is 10.6 Å². The number of benzene rings is 1. The van der Waals surface area contributed by atoms with Crippen LogP contribution in [0, 0.1) is 0 Å². The van der Waals surface area contributed by atoms with Crippen molar-refractivity contribution >= 4 is 23.5 Å². The second-order valence-corrected chi connectivity index (χ2v) is 5.03. The predicted molar refractivity (Wildman–Crippen MR) is 81.2 cm³/mol. The average Bonchev–Trinajstić information content (AvgIpc) is 2.99. The van der Waals surface area contributed by atoms with Crippen LogP contribution in [0.2, 0.25) is 5.02 Å². The Morgan fingerprint density at radius 2 is 2.14 bits per heavy atom. The molecule has 1 amide bonds. The molecule has 0 aliphatic heterocycles. The Morgan fingerprint density at radius 3 is 2.77 bits per heavy atom. The molecule has 0 saturated heterocycles. The highest BCUT2D eigenvalue weighted by Gasteiger charge is 2.21. The minimum Gasteiger partial charge on any atom is -0.469 e. The van der Waals surface area contributed by atoms with E-state index in [-0.39, 0.29) is 18.9 Å². The molecule has 0 bridgehead atoms. The molecule has 0 spiro atoms. The number of aromatic nitrogens is 2. The first kappa shape index (κ1) is 16.0. The summed E-state index contributed by atoms with van der Waals surface area (Å²) in [5.41, 5.74) is 0.670. The first-order chi connectivity index (χ1) is 10.6. The van der Waals surface area contributed by atoms with Gasteiger partial charge in [-0.2, -0.15) is 5.10 Å². The van der Waals surface area contributed by atoms with Crippen molar-refractivity contribution in [1.29, 1.82) is 0 Å². The van der Waals surface area contributed by atoms with Crippen molar-refractivity contribution < 1.29 is 14.3 Å². The smallest absolute Gasteiger partial charge is 0.307 e. The Labute approximate surface area is 133 Å². The van der Waals surface area contributed by atoms with E-state index < -0.39 is 12.0 Å². The van der Waals surface area contributed by atoms with Crippen molar-refractivity contribution in [3.05, 3.63) is 53.3 Å². The number of methoxy groups -OCH3 is 1. The highest BCUT2D eigenvalue weighted by atomic mass is 35.5. The maximum Gasteiger partial charge on any atom is 0.307 e. The van der Waals surface area contributed by atoms with Crippen molar-refractivity contribution in [2.75, 3.05) is 7.11 Å². The van der Waals surface area contributed by atoms with Gasteiger partial charge in [0.2, 0.25) is 5.91 Å². The highest BCUT2D eigenvalue weighted by Crippen LogP contribution is 2.25. The van der Waals surface area contributed by atoms with E-state index in [1.54, 1.807) is 42.7 Å². The molecule has 1 unspecified atom stereocenters. The van der Waals surface area contributed by atoms with Gasteiger partial charge in [0.05, 0.1) is 19.6 Å². The molecule has 1 heterocycles. The first-order valence-corrected chi connectivity index (χ1v) is 7.06. The molecule has 22 heavy (non-hydrogen) atoms. The molecule has 2 rings (SSSR count). The van der Waals surface area contributed by atoms with E-state index in [1.807, 2.05) is 0 Å². The van der Waals surface area contributed by atoms with Gasteiger partial charge in [0.25, 0.3) is 0 Å². The van der Waals surface area contributed by atoms with E-state index >= 15 is 0 Å². The Bertz CT molecular complexity index is 643. The van der Waals surface area contributed by atoms with Gasteiger partial charge in [0, 0.05) is 17.4 Å². The zero-order chi connectivity index (χ0) is 15.9. The largest absolute Gasteiger partial charge is 0.469 e. The molecule has 6 nitrogen and oxygen atoms in total. The minimum absolute atomic E-state index is 0.00504. The van der Waals surface area contributed by atoms with E-state index in [0.717, 1.165) is 0 Å². The molecule has 1 aromatic carbocycles. The number of hydrogen-bond donors (Lipinski definition) is 1. The summed E-state index contributed by atoms with van der Waals surface area (Å²) < 4.78 is 6.18. The summed E-state index contributed by atoms with van der Waals surface area (Å²) in [6, 6.07) is 8.24. The number of carbonyl (C=O) groups is 2. The van der Waals surface area contributed by atoms with Crippen LogP contribution in [0.5, 0.6) is 0 Å². The van der Waals surface area contributed by atoms with E-state index in [9.17, 15) is 9.59 Å². The molecule has 0 fully saturated rings. The summed E-state index contributed by atoms with van der Waals surface area (Å²) in [5.74, 6) is -0.693. The molecule has 0 aliphatic rings. The van der Waals surface area contributed by atoms with Crippen LogP contribution in [0.15, 0.2) is 42.7 Å². The van der Waals surface area contributed by atoms with Crippen molar-refractivity contribution in [2.24, 2.45) is 0 Å². The molecule has 1 aromatic heterocycles. The van der Waals surface area contributed by atoms with E-state index in [2.05, 4.69) is 15.2 Å². The number of ether oxygens (including phenoxy) is 1. The lowest BCUT2D eigenvalue weighted by molar-refractivity contribution is -0.141. The van der Waals surface area contributed by atoms with Gasteiger partial charge in [-0.3, -0.25) is 14.3 Å². The number of nitrogens with zero attached hydrogens (tertiary/aromatic N) is 2. The highest BCUT2D eigenvalue weighted by molar-refractivity contribution is 6.31. The van der Waals surface area contributed by atoms with Gasteiger partial charge in [0.1, 0.15) is 6.54 Å². The van der Waals surface area contributed by atoms with Gasteiger partial charge in [-0.15, -0.1) is 0 Å². The summed E-state index contributed by atoms with van der Waals surface area (Å²) >= 11 is 6.15. The Balaban J connectivity index is 2.12. The number of carbonyl (C=O) groups excluding carboxylic acids is 2. The van der Waals surface area contributed by atoms with Crippen LogP contribution in [-0.4, -0.2) is 28.8 Å². The topological polar surface area (TPSA) is 73.2 Å².